The highest BCUT2D eigenvalue weighted by atomic mass is 19.3. The van der Waals surface area contributed by atoms with E-state index in [1.807, 2.05) is 0 Å². The van der Waals surface area contributed by atoms with Crippen LogP contribution in [0.15, 0.2) is 27.9 Å². The lowest BCUT2D eigenvalue weighted by Crippen LogP contribution is -2.25. The van der Waals surface area contributed by atoms with E-state index in [1.54, 1.807) is 12.1 Å². The van der Waals surface area contributed by atoms with Crippen molar-refractivity contribution >= 4 is 0 Å². The summed E-state index contributed by atoms with van der Waals surface area (Å²) in [6.45, 7) is 2.56. The molecule has 1 aliphatic heterocycles. The van der Waals surface area contributed by atoms with Crippen LogP contribution in [0.25, 0.3) is 21.9 Å². The maximum atomic E-state index is 12.5. The van der Waals surface area contributed by atoms with Crippen LogP contribution in [-0.4, -0.2) is 39.7 Å². The average Bonchev–Trinajstić information content (AvgIpc) is 3.26. The third-order valence-corrected chi connectivity index (χ3v) is 3.82. The molecule has 0 bridgehead atoms. The molecule has 3 heterocycles. The van der Waals surface area contributed by atoms with Crippen molar-refractivity contribution in [3.05, 3.63) is 40.4 Å². The van der Waals surface area contributed by atoms with Gasteiger partial charge in [0.15, 0.2) is 0 Å². The van der Waals surface area contributed by atoms with Crippen molar-refractivity contribution in [3.63, 3.8) is 0 Å². The van der Waals surface area contributed by atoms with Gasteiger partial charge < -0.3 is 9.32 Å². The number of alkyl halides is 2. The Kier molecular flexibility index (Phi) is 4.97. The summed E-state index contributed by atoms with van der Waals surface area (Å²) >= 11 is 0. The number of aromatic nitrogens is 3. The van der Waals surface area contributed by atoms with Gasteiger partial charge in [0.25, 0.3) is 5.89 Å². The van der Waals surface area contributed by atoms with E-state index in [9.17, 15) is 8.78 Å². The van der Waals surface area contributed by atoms with Gasteiger partial charge >= 0.3 is 6.43 Å². The van der Waals surface area contributed by atoms with E-state index in [0.717, 1.165) is 25.9 Å². The van der Waals surface area contributed by atoms with E-state index in [2.05, 4.69) is 30.1 Å². The van der Waals surface area contributed by atoms with Crippen LogP contribution >= 0.6 is 0 Å². The molecule has 0 amide bonds. The SMILES string of the molecule is [N-]=[N+]=NC(CN1CCCC1)c1ccc(-c2nnc(C(F)F)o2)cn1. The highest BCUT2D eigenvalue weighted by Gasteiger charge is 2.20. The van der Waals surface area contributed by atoms with Crippen molar-refractivity contribution in [2.24, 2.45) is 5.11 Å². The standard InChI is InChI=1S/C14H15F2N7O/c15-12(16)14-21-20-13(24-14)9-3-4-10(18-7-9)11(19-22-17)8-23-5-1-2-6-23/h3-4,7,11-12H,1-2,5-6,8H2. The van der Waals surface area contributed by atoms with Crippen molar-refractivity contribution in [1.82, 2.24) is 20.1 Å². The van der Waals surface area contributed by atoms with Gasteiger partial charge in [-0.2, -0.15) is 8.78 Å². The van der Waals surface area contributed by atoms with Gasteiger partial charge in [-0.25, -0.2) is 0 Å². The first kappa shape index (κ1) is 16.3. The maximum Gasteiger partial charge on any atom is 0.314 e. The Morgan fingerprint density at radius 2 is 2.08 bits per heavy atom. The molecule has 2 aromatic rings. The van der Waals surface area contributed by atoms with Crippen molar-refractivity contribution < 1.29 is 13.2 Å². The number of hydrogen-bond acceptors (Lipinski definition) is 6. The fraction of sp³-hybridized carbons (Fsp3) is 0.500. The quantitative estimate of drug-likeness (QED) is 0.456. The highest BCUT2D eigenvalue weighted by Crippen LogP contribution is 2.25. The van der Waals surface area contributed by atoms with Gasteiger partial charge in [-0.05, 0) is 43.6 Å². The number of rotatable bonds is 6. The third-order valence-electron chi connectivity index (χ3n) is 3.82. The number of pyridine rings is 1. The van der Waals surface area contributed by atoms with Crippen LogP contribution in [0.1, 0.15) is 36.9 Å². The molecule has 2 aromatic heterocycles. The van der Waals surface area contributed by atoms with Gasteiger partial charge in [-0.15, -0.1) is 10.2 Å². The summed E-state index contributed by atoms with van der Waals surface area (Å²) in [6, 6.07) is 2.91. The second kappa shape index (κ2) is 7.33. The Hall–Kier alpha value is -2.58. The molecule has 1 fully saturated rings. The Balaban J connectivity index is 1.76. The van der Waals surface area contributed by atoms with Gasteiger partial charge in [-0.3, -0.25) is 4.98 Å². The van der Waals surface area contributed by atoms with Crippen LogP contribution in [0.5, 0.6) is 0 Å². The van der Waals surface area contributed by atoms with Crippen LogP contribution in [0, 0.1) is 0 Å². The minimum atomic E-state index is -2.81. The van der Waals surface area contributed by atoms with E-state index in [-0.39, 0.29) is 5.89 Å². The number of nitrogens with zero attached hydrogens (tertiary/aromatic N) is 7. The van der Waals surface area contributed by atoms with Gasteiger partial charge in [0.1, 0.15) is 0 Å². The zero-order chi connectivity index (χ0) is 16.9. The Morgan fingerprint density at radius 1 is 1.29 bits per heavy atom. The van der Waals surface area contributed by atoms with E-state index < -0.39 is 18.4 Å². The zero-order valence-corrected chi connectivity index (χ0v) is 12.7. The molecule has 1 unspecified atom stereocenters. The minimum absolute atomic E-state index is 0.0239. The van der Waals surface area contributed by atoms with Gasteiger partial charge in [-0.1, -0.05) is 5.11 Å². The molecule has 1 aliphatic rings. The zero-order valence-electron chi connectivity index (χ0n) is 12.7. The van der Waals surface area contributed by atoms with Crippen LogP contribution in [0.4, 0.5) is 8.78 Å². The molecular formula is C14H15F2N7O. The maximum absolute atomic E-state index is 12.5. The summed E-state index contributed by atoms with van der Waals surface area (Å²) in [4.78, 5) is 9.38. The minimum Gasteiger partial charge on any atom is -0.415 e. The van der Waals surface area contributed by atoms with E-state index in [1.165, 1.54) is 6.20 Å². The molecule has 0 saturated carbocycles. The lowest BCUT2D eigenvalue weighted by atomic mass is 10.1. The van der Waals surface area contributed by atoms with E-state index in [0.29, 0.717) is 17.8 Å². The summed E-state index contributed by atoms with van der Waals surface area (Å²) in [5.41, 5.74) is 9.81. The van der Waals surface area contributed by atoms with Crippen molar-refractivity contribution in [2.75, 3.05) is 19.6 Å². The molecule has 126 valence electrons. The smallest absolute Gasteiger partial charge is 0.314 e. The molecule has 8 nitrogen and oxygen atoms in total. The van der Waals surface area contributed by atoms with Crippen LogP contribution < -0.4 is 0 Å². The molecule has 1 atom stereocenters. The number of halogens is 2. The van der Waals surface area contributed by atoms with Gasteiger partial charge in [0.2, 0.25) is 5.89 Å². The molecule has 0 aromatic carbocycles. The van der Waals surface area contributed by atoms with Gasteiger partial charge in [0.05, 0.1) is 17.3 Å². The number of azide groups is 1. The molecule has 0 aliphatic carbocycles. The van der Waals surface area contributed by atoms with Crippen molar-refractivity contribution in [1.29, 1.82) is 0 Å². The molecule has 0 N–H and O–H groups in total. The topological polar surface area (TPSA) is 104 Å². The molecule has 10 heteroatoms. The normalized spacial score (nSPS) is 16.3. The van der Waals surface area contributed by atoms with Crippen LogP contribution in [0.3, 0.4) is 0 Å². The average molecular weight is 335 g/mol. The second-order valence-corrected chi connectivity index (χ2v) is 5.45. The monoisotopic (exact) mass is 335 g/mol. The first-order chi connectivity index (χ1) is 11.7. The van der Waals surface area contributed by atoms with Gasteiger partial charge in [0, 0.05) is 17.7 Å². The Morgan fingerprint density at radius 3 is 2.67 bits per heavy atom. The van der Waals surface area contributed by atoms with Crippen LogP contribution in [-0.2, 0) is 0 Å². The van der Waals surface area contributed by atoms with Crippen LogP contribution in [0.2, 0.25) is 0 Å². The predicted octanol–water partition coefficient (Wildman–Crippen LogP) is 3.52. The molecule has 0 spiro atoms. The molecule has 24 heavy (non-hydrogen) atoms. The first-order valence-corrected chi connectivity index (χ1v) is 7.52. The highest BCUT2D eigenvalue weighted by molar-refractivity contribution is 5.50. The summed E-state index contributed by atoms with van der Waals surface area (Å²) in [5.74, 6) is -0.751. The molecular weight excluding hydrogens is 320 g/mol. The molecule has 0 radical (unpaired) electrons. The lowest BCUT2D eigenvalue weighted by molar-refractivity contribution is 0.116. The van der Waals surface area contributed by atoms with E-state index in [4.69, 9.17) is 9.95 Å². The molecule has 1 saturated heterocycles. The number of hydrogen-bond donors (Lipinski definition) is 0. The second-order valence-electron chi connectivity index (χ2n) is 5.45. The fourth-order valence-corrected chi connectivity index (χ4v) is 2.63. The first-order valence-electron chi connectivity index (χ1n) is 7.52. The van der Waals surface area contributed by atoms with Crippen molar-refractivity contribution in [3.8, 4) is 11.5 Å². The van der Waals surface area contributed by atoms with Crippen molar-refractivity contribution in [2.45, 2.75) is 25.3 Å². The van der Waals surface area contributed by atoms with E-state index >= 15 is 0 Å². The lowest BCUT2D eigenvalue weighted by Gasteiger charge is -2.19. The Bertz CT molecular complexity index is 721. The number of likely N-dealkylation sites (tertiary alicyclic amines) is 1. The summed E-state index contributed by atoms with van der Waals surface area (Å²) in [7, 11) is 0. The largest absolute Gasteiger partial charge is 0.415 e. The Labute approximate surface area is 136 Å². The summed E-state index contributed by atoms with van der Waals surface area (Å²) in [6.07, 6.45) is 0.910. The third kappa shape index (κ3) is 3.66. The fourth-order valence-electron chi connectivity index (χ4n) is 2.63. The summed E-state index contributed by atoms with van der Waals surface area (Å²) in [5, 5.41) is 10.7. The predicted molar refractivity (Wildman–Crippen MR) is 80.0 cm³/mol. The molecule has 3 rings (SSSR count). The summed E-state index contributed by atoms with van der Waals surface area (Å²) < 4.78 is 29.8.